The molecule has 0 aliphatic carbocycles. The van der Waals surface area contributed by atoms with Crippen molar-refractivity contribution in [2.75, 3.05) is 19.6 Å². The zero-order valence-electron chi connectivity index (χ0n) is 14.7. The molecule has 1 saturated heterocycles. The number of carbonyl (C=O) groups excluding carboxylic acids is 2. The second kappa shape index (κ2) is 7.46. The van der Waals surface area contributed by atoms with E-state index in [0.717, 1.165) is 13.0 Å². The first-order chi connectivity index (χ1) is 11.2. The fourth-order valence-electron chi connectivity index (χ4n) is 2.52. The molecule has 0 saturated carbocycles. The lowest BCUT2D eigenvalue weighted by Gasteiger charge is -2.21. The summed E-state index contributed by atoms with van der Waals surface area (Å²) in [7, 11) is 0. The van der Waals surface area contributed by atoms with Gasteiger partial charge in [0.15, 0.2) is 0 Å². The van der Waals surface area contributed by atoms with Gasteiger partial charge in [0.25, 0.3) is 0 Å². The molecule has 1 aliphatic heterocycles. The molecule has 8 heteroatoms. The molecule has 0 aromatic carbocycles. The Labute approximate surface area is 141 Å². The normalized spacial score (nSPS) is 18.6. The van der Waals surface area contributed by atoms with Crippen molar-refractivity contribution in [2.45, 2.75) is 39.7 Å². The standard InChI is InChI=1S/C16H25N5O3/c1-12(22)19-14(21-8-5-7-18-21)20-9-6-13(11-20)10-17-15(23)24-16(2,3)4/h5,7-8,13H,6,9-11H2,1-4H3,(H,17,23). The lowest BCUT2D eigenvalue weighted by Crippen LogP contribution is -2.38. The molecular weight excluding hydrogens is 310 g/mol. The second-order valence-electron chi connectivity index (χ2n) is 6.86. The zero-order chi connectivity index (χ0) is 17.7. The third-order valence-corrected chi connectivity index (χ3v) is 3.47. The number of rotatable bonds is 2. The first-order valence-electron chi connectivity index (χ1n) is 8.05. The summed E-state index contributed by atoms with van der Waals surface area (Å²) in [5, 5.41) is 6.96. The van der Waals surface area contributed by atoms with Gasteiger partial charge in [-0.25, -0.2) is 9.48 Å². The number of amides is 2. The van der Waals surface area contributed by atoms with Gasteiger partial charge in [0, 0.05) is 39.0 Å². The Balaban J connectivity index is 1.92. The summed E-state index contributed by atoms with van der Waals surface area (Å²) in [6, 6.07) is 1.78. The highest BCUT2D eigenvalue weighted by atomic mass is 16.6. The number of hydrogen-bond donors (Lipinski definition) is 1. The maximum Gasteiger partial charge on any atom is 0.407 e. The van der Waals surface area contributed by atoms with E-state index in [4.69, 9.17) is 4.74 Å². The quantitative estimate of drug-likeness (QED) is 0.653. The molecule has 0 radical (unpaired) electrons. The number of alkyl carbamates (subject to hydrolysis) is 1. The van der Waals surface area contributed by atoms with Crippen LogP contribution in [0.3, 0.4) is 0 Å². The molecular formula is C16H25N5O3. The van der Waals surface area contributed by atoms with Gasteiger partial charge in [0.1, 0.15) is 5.60 Å². The molecule has 0 bridgehead atoms. The number of ether oxygens (including phenoxy) is 1. The predicted octanol–water partition coefficient (Wildman–Crippen LogP) is 1.48. The Morgan fingerprint density at radius 3 is 2.75 bits per heavy atom. The average Bonchev–Trinajstić information content (AvgIpc) is 3.12. The van der Waals surface area contributed by atoms with E-state index in [9.17, 15) is 9.59 Å². The molecule has 1 aromatic heterocycles. The van der Waals surface area contributed by atoms with Crippen LogP contribution < -0.4 is 5.32 Å². The summed E-state index contributed by atoms with van der Waals surface area (Å²) >= 11 is 0. The van der Waals surface area contributed by atoms with Crippen molar-refractivity contribution in [1.29, 1.82) is 0 Å². The van der Waals surface area contributed by atoms with Gasteiger partial charge in [0.05, 0.1) is 0 Å². The minimum absolute atomic E-state index is 0.268. The molecule has 0 spiro atoms. The number of carbonyl (C=O) groups is 2. The zero-order valence-corrected chi connectivity index (χ0v) is 14.7. The van der Waals surface area contributed by atoms with Gasteiger partial charge >= 0.3 is 6.09 Å². The van der Waals surface area contributed by atoms with Crippen LogP contribution in [0.2, 0.25) is 0 Å². The van der Waals surface area contributed by atoms with Gasteiger partial charge in [0.2, 0.25) is 11.9 Å². The number of nitrogens with one attached hydrogen (secondary N) is 1. The van der Waals surface area contributed by atoms with E-state index in [0.29, 0.717) is 19.0 Å². The number of hydrogen-bond acceptors (Lipinski definition) is 4. The van der Waals surface area contributed by atoms with Crippen molar-refractivity contribution >= 4 is 18.0 Å². The first kappa shape index (κ1) is 18.0. The van der Waals surface area contributed by atoms with Crippen molar-refractivity contribution in [3.05, 3.63) is 18.5 Å². The average molecular weight is 335 g/mol. The Kier molecular flexibility index (Phi) is 5.58. The number of aromatic nitrogens is 2. The van der Waals surface area contributed by atoms with Crippen LogP contribution >= 0.6 is 0 Å². The fourth-order valence-corrected chi connectivity index (χ4v) is 2.52. The van der Waals surface area contributed by atoms with Gasteiger partial charge in [-0.15, -0.1) is 0 Å². The van der Waals surface area contributed by atoms with E-state index in [-0.39, 0.29) is 11.8 Å². The first-order valence-corrected chi connectivity index (χ1v) is 8.05. The molecule has 8 nitrogen and oxygen atoms in total. The van der Waals surface area contributed by atoms with Crippen LogP contribution in [0.1, 0.15) is 34.1 Å². The number of likely N-dealkylation sites (tertiary alicyclic amines) is 1. The van der Waals surface area contributed by atoms with Crippen LogP contribution in [0.15, 0.2) is 23.5 Å². The van der Waals surface area contributed by atoms with Crippen LogP contribution in [0, 0.1) is 5.92 Å². The Morgan fingerprint density at radius 1 is 1.42 bits per heavy atom. The maximum atomic E-state index is 11.7. The Morgan fingerprint density at radius 2 is 2.17 bits per heavy atom. The molecule has 1 fully saturated rings. The third kappa shape index (κ3) is 5.36. The Hall–Kier alpha value is -2.38. The maximum absolute atomic E-state index is 11.7. The molecule has 1 N–H and O–H groups in total. The van der Waals surface area contributed by atoms with Gasteiger partial charge in [-0.05, 0) is 39.2 Å². The molecule has 1 aliphatic rings. The third-order valence-electron chi connectivity index (χ3n) is 3.47. The van der Waals surface area contributed by atoms with E-state index >= 15 is 0 Å². The van der Waals surface area contributed by atoms with E-state index < -0.39 is 11.7 Å². The van der Waals surface area contributed by atoms with Gasteiger partial charge in [-0.2, -0.15) is 10.1 Å². The molecule has 1 unspecified atom stereocenters. The van der Waals surface area contributed by atoms with Crippen LogP contribution in [-0.2, 0) is 9.53 Å². The topological polar surface area (TPSA) is 88.8 Å². The summed E-state index contributed by atoms with van der Waals surface area (Å²) in [6.07, 6.45) is 3.89. The predicted molar refractivity (Wildman–Crippen MR) is 89.7 cm³/mol. The van der Waals surface area contributed by atoms with Crippen molar-refractivity contribution in [3.63, 3.8) is 0 Å². The van der Waals surface area contributed by atoms with Gasteiger partial charge in [-0.1, -0.05) is 0 Å². The van der Waals surface area contributed by atoms with Crippen LogP contribution in [0.25, 0.3) is 0 Å². The highest BCUT2D eigenvalue weighted by Gasteiger charge is 2.27. The van der Waals surface area contributed by atoms with E-state index in [1.54, 1.807) is 23.1 Å². The lowest BCUT2D eigenvalue weighted by atomic mass is 10.1. The summed E-state index contributed by atoms with van der Waals surface area (Å²) in [4.78, 5) is 29.2. The van der Waals surface area contributed by atoms with Crippen molar-refractivity contribution in [3.8, 4) is 0 Å². The van der Waals surface area contributed by atoms with Gasteiger partial charge < -0.3 is 15.0 Å². The van der Waals surface area contributed by atoms with E-state index in [1.165, 1.54) is 6.92 Å². The largest absolute Gasteiger partial charge is 0.444 e. The lowest BCUT2D eigenvalue weighted by molar-refractivity contribution is -0.115. The molecule has 1 atom stereocenters. The number of nitrogens with zero attached hydrogens (tertiary/aromatic N) is 4. The molecule has 1 aromatic rings. The van der Waals surface area contributed by atoms with Crippen molar-refractivity contribution in [2.24, 2.45) is 10.9 Å². The Bertz CT molecular complexity index is 604. The fraction of sp³-hybridized carbons (Fsp3) is 0.625. The van der Waals surface area contributed by atoms with Crippen LogP contribution in [0.5, 0.6) is 0 Å². The van der Waals surface area contributed by atoms with E-state index in [1.807, 2.05) is 25.7 Å². The highest BCUT2D eigenvalue weighted by Crippen LogP contribution is 2.17. The minimum Gasteiger partial charge on any atom is -0.444 e. The number of aliphatic imine (C=N–C) groups is 1. The summed E-state index contributed by atoms with van der Waals surface area (Å²) in [5.74, 6) is 0.522. The van der Waals surface area contributed by atoms with E-state index in [2.05, 4.69) is 15.4 Å². The second-order valence-corrected chi connectivity index (χ2v) is 6.86. The van der Waals surface area contributed by atoms with Crippen molar-refractivity contribution in [1.82, 2.24) is 20.0 Å². The summed E-state index contributed by atoms with van der Waals surface area (Å²) < 4.78 is 6.83. The molecule has 132 valence electrons. The molecule has 2 rings (SSSR count). The van der Waals surface area contributed by atoms with Crippen LogP contribution in [0.4, 0.5) is 4.79 Å². The highest BCUT2D eigenvalue weighted by molar-refractivity contribution is 5.93. The minimum atomic E-state index is -0.507. The smallest absolute Gasteiger partial charge is 0.407 e. The van der Waals surface area contributed by atoms with Crippen LogP contribution in [-0.4, -0.2) is 57.9 Å². The van der Waals surface area contributed by atoms with Gasteiger partial charge in [-0.3, -0.25) is 4.79 Å². The molecule has 2 amide bonds. The molecule has 24 heavy (non-hydrogen) atoms. The SMILES string of the molecule is CC(=O)N=C(N1CCC(CNC(=O)OC(C)(C)C)C1)n1cccn1. The molecule has 2 heterocycles. The van der Waals surface area contributed by atoms with Crippen molar-refractivity contribution < 1.29 is 14.3 Å². The summed E-state index contributed by atoms with van der Waals surface area (Å²) in [5.41, 5.74) is -0.507. The monoisotopic (exact) mass is 335 g/mol. The summed E-state index contributed by atoms with van der Waals surface area (Å²) in [6.45, 7) is 8.89.